The molecular weight excluding hydrogens is 854 g/mol. The van der Waals surface area contributed by atoms with E-state index in [-0.39, 0.29) is 74.8 Å². The van der Waals surface area contributed by atoms with Crippen LogP contribution in [0.4, 0.5) is 4.79 Å². The van der Waals surface area contributed by atoms with Gasteiger partial charge >= 0.3 is 26.3 Å². The molecule has 3 amide bonds. The van der Waals surface area contributed by atoms with Gasteiger partial charge in [0.15, 0.2) is 37.9 Å². The lowest BCUT2D eigenvalue weighted by molar-refractivity contribution is -0.688. The number of alkyl carbamates (subject to hydrolysis) is 1. The van der Waals surface area contributed by atoms with Crippen LogP contribution >= 0.6 is 11.8 Å². The first-order valence-corrected chi connectivity index (χ1v) is 23.5. The Morgan fingerprint density at radius 1 is 0.800 bits per heavy atom. The smallest absolute Gasteiger partial charge is 0.460 e. The van der Waals surface area contributed by atoms with E-state index in [1.54, 1.807) is 70.3 Å². The molecule has 0 spiro atoms. The maximum atomic E-state index is 13.6. The van der Waals surface area contributed by atoms with Crippen LogP contribution in [0.2, 0.25) is 0 Å². The minimum atomic E-state index is -1.68. The SMILES string of the molecule is CC(C)CC(COCCOCCOC(=O)NCCSC1CC(=O)N(CCOC(=O)c2cc(C[n+]3cccc(B(O)O)c3)ccc2C[n+]2cccc(B(O)O)c2)C1=O)(CC(C)C)CC(C)C. The van der Waals surface area contributed by atoms with Gasteiger partial charge in [-0.2, -0.15) is 0 Å². The van der Waals surface area contributed by atoms with Gasteiger partial charge in [-0.05, 0) is 48.5 Å². The van der Waals surface area contributed by atoms with Crippen LogP contribution in [0.5, 0.6) is 0 Å². The highest BCUT2D eigenvalue weighted by molar-refractivity contribution is 8.00. The molecule has 354 valence electrons. The van der Waals surface area contributed by atoms with Crippen LogP contribution in [0, 0.1) is 23.2 Å². The number of rotatable bonds is 28. The van der Waals surface area contributed by atoms with E-state index >= 15 is 0 Å². The van der Waals surface area contributed by atoms with Crippen molar-refractivity contribution in [3.63, 3.8) is 0 Å². The number of likely N-dealkylation sites (tertiary alicyclic amines) is 1. The van der Waals surface area contributed by atoms with Gasteiger partial charge in [0.05, 0.1) is 43.8 Å². The minimum absolute atomic E-state index is 0.0195. The molecule has 0 aliphatic carbocycles. The number of nitrogens with zero attached hydrogens (tertiary/aromatic N) is 3. The molecule has 0 bridgehead atoms. The summed E-state index contributed by atoms with van der Waals surface area (Å²) >= 11 is 1.25. The molecular formula is C46H68B2N4O12S+2. The Bertz CT molecular complexity index is 1980. The van der Waals surface area contributed by atoms with Crippen LogP contribution < -0.4 is 25.4 Å². The van der Waals surface area contributed by atoms with Crippen molar-refractivity contribution in [2.75, 3.05) is 58.5 Å². The van der Waals surface area contributed by atoms with Gasteiger partial charge in [-0.3, -0.25) is 14.5 Å². The Balaban J connectivity index is 1.19. The number of carbonyl (C=O) groups is 4. The Labute approximate surface area is 388 Å². The summed E-state index contributed by atoms with van der Waals surface area (Å²) < 4.78 is 26.0. The third-order valence-electron chi connectivity index (χ3n) is 10.7. The number of ether oxygens (including phenoxy) is 4. The van der Waals surface area contributed by atoms with E-state index in [4.69, 9.17) is 18.9 Å². The molecule has 1 aromatic carbocycles. The fraction of sp³-hybridized carbons (Fsp3) is 0.565. The van der Waals surface area contributed by atoms with Gasteiger partial charge in [-0.25, -0.2) is 18.7 Å². The largest absolute Gasteiger partial charge is 0.494 e. The molecule has 0 saturated carbocycles. The molecule has 16 nitrogen and oxygen atoms in total. The second-order valence-corrected chi connectivity index (χ2v) is 19.3. The van der Waals surface area contributed by atoms with Crippen LogP contribution in [-0.2, 0) is 41.6 Å². The predicted molar refractivity (Wildman–Crippen MR) is 247 cm³/mol. The topological polar surface area (TPSA) is 209 Å². The summed E-state index contributed by atoms with van der Waals surface area (Å²) in [4.78, 5) is 53.0. The molecule has 4 rings (SSSR count). The Morgan fingerprint density at radius 3 is 1.98 bits per heavy atom. The number of nitrogens with one attached hydrogen (secondary N) is 1. The van der Waals surface area contributed by atoms with E-state index in [0.717, 1.165) is 24.2 Å². The molecule has 3 heterocycles. The van der Waals surface area contributed by atoms with Crippen LogP contribution in [0.3, 0.4) is 0 Å². The number of imide groups is 1. The second kappa shape index (κ2) is 26.7. The number of hydrogen-bond acceptors (Lipinski definition) is 13. The van der Waals surface area contributed by atoms with E-state index in [9.17, 15) is 39.3 Å². The lowest BCUT2D eigenvalue weighted by Gasteiger charge is -2.38. The number of benzene rings is 1. The summed E-state index contributed by atoms with van der Waals surface area (Å²) in [5, 5.41) is 40.6. The maximum absolute atomic E-state index is 13.6. The zero-order valence-electron chi connectivity index (χ0n) is 38.7. The average molecular weight is 923 g/mol. The highest BCUT2D eigenvalue weighted by Gasteiger charge is 2.39. The van der Waals surface area contributed by atoms with E-state index in [1.807, 2.05) is 6.07 Å². The Kier molecular flexibility index (Phi) is 21.9. The quantitative estimate of drug-likeness (QED) is 0.0231. The second-order valence-electron chi connectivity index (χ2n) is 18.0. The molecule has 1 unspecified atom stereocenters. The lowest BCUT2D eigenvalue weighted by atomic mass is 9.70. The molecule has 1 saturated heterocycles. The number of thioether (sulfide) groups is 1. The summed E-state index contributed by atoms with van der Waals surface area (Å²) in [6, 6.07) is 11.7. The first-order valence-electron chi connectivity index (χ1n) is 22.5. The third-order valence-corrected chi connectivity index (χ3v) is 11.9. The zero-order valence-corrected chi connectivity index (χ0v) is 39.5. The Morgan fingerprint density at radius 2 is 1.38 bits per heavy atom. The number of esters is 1. The Hall–Kier alpha value is -4.36. The van der Waals surface area contributed by atoms with Gasteiger partial charge < -0.3 is 44.4 Å². The van der Waals surface area contributed by atoms with Crippen molar-refractivity contribution >= 4 is 60.8 Å². The standard InChI is InChI=1S/C46H67B2N4O12S/c1-33(2)25-46(26-34(3)4,27-35(5)6)32-62-19-18-61-20-21-64-45(56)49-13-22-65-41-24-42(53)52(43(41)54)16-17-63-44(55)40-23-36(28-50-14-7-9-38(30-50)47(57)58)11-12-37(40)29-51-15-8-10-39(31-51)48(59)60/h7-12,14-15,23,30-31,33-35,41,57-60H,13,16-22,24-29,32H2,1-6H3/q+1/p+1. The van der Waals surface area contributed by atoms with Gasteiger partial charge in [0.2, 0.25) is 11.8 Å². The van der Waals surface area contributed by atoms with Crippen LogP contribution in [0.1, 0.15) is 88.7 Å². The monoisotopic (exact) mass is 922 g/mol. The summed E-state index contributed by atoms with van der Waals surface area (Å²) in [5.41, 5.74) is 2.18. The van der Waals surface area contributed by atoms with Gasteiger partial charge in [0.1, 0.15) is 13.2 Å². The van der Waals surface area contributed by atoms with E-state index < -0.39 is 37.5 Å². The minimum Gasteiger partial charge on any atom is -0.460 e. The summed E-state index contributed by atoms with van der Waals surface area (Å²) in [5.74, 6) is 0.635. The fourth-order valence-electron chi connectivity index (χ4n) is 8.50. The number of aromatic nitrogens is 2. The van der Waals surface area contributed by atoms with Crippen molar-refractivity contribution in [1.82, 2.24) is 10.2 Å². The maximum Gasteiger partial charge on any atom is 0.494 e. The highest BCUT2D eigenvalue weighted by Crippen LogP contribution is 2.40. The predicted octanol–water partition coefficient (Wildman–Crippen LogP) is 1.62. The molecule has 1 aliphatic rings. The van der Waals surface area contributed by atoms with Gasteiger partial charge in [-0.15, -0.1) is 11.8 Å². The average Bonchev–Trinajstić information content (AvgIpc) is 3.50. The van der Waals surface area contributed by atoms with E-state index in [2.05, 4.69) is 46.9 Å². The molecule has 3 aromatic rings. The van der Waals surface area contributed by atoms with Crippen molar-refractivity contribution < 1.29 is 67.4 Å². The van der Waals surface area contributed by atoms with Gasteiger partial charge in [0, 0.05) is 52.9 Å². The first-order chi connectivity index (χ1) is 30.9. The van der Waals surface area contributed by atoms with Crippen LogP contribution in [0.15, 0.2) is 67.3 Å². The number of hydrogen-bond donors (Lipinski definition) is 5. The summed E-state index contributed by atoms with van der Waals surface area (Å²) in [6.07, 6.45) is 9.32. The third kappa shape index (κ3) is 18.1. The van der Waals surface area contributed by atoms with Crippen molar-refractivity contribution in [2.24, 2.45) is 23.2 Å². The number of amides is 3. The molecule has 1 atom stereocenters. The first kappa shape index (κ1) is 53.3. The number of carbonyl (C=O) groups excluding carboxylic acids is 4. The van der Waals surface area contributed by atoms with Crippen LogP contribution in [0.25, 0.3) is 0 Å². The highest BCUT2D eigenvalue weighted by atomic mass is 32.2. The molecule has 65 heavy (non-hydrogen) atoms. The van der Waals surface area contributed by atoms with Gasteiger partial charge in [0.25, 0.3) is 0 Å². The molecule has 1 aliphatic heterocycles. The molecule has 2 aromatic heterocycles. The molecule has 0 radical (unpaired) electrons. The zero-order chi connectivity index (χ0) is 47.5. The lowest BCUT2D eigenvalue weighted by Crippen LogP contribution is -2.42. The van der Waals surface area contributed by atoms with Crippen molar-refractivity contribution in [1.29, 1.82) is 0 Å². The molecule has 19 heteroatoms. The fourth-order valence-corrected chi connectivity index (χ4v) is 9.54. The summed E-state index contributed by atoms with van der Waals surface area (Å²) in [6.45, 7) is 15.8. The number of pyridine rings is 2. The summed E-state index contributed by atoms with van der Waals surface area (Å²) in [7, 11) is -3.34. The normalized spacial score (nSPS) is 14.2. The molecule has 1 fully saturated rings. The van der Waals surface area contributed by atoms with Crippen molar-refractivity contribution in [3.05, 3.63) is 83.9 Å². The van der Waals surface area contributed by atoms with Crippen molar-refractivity contribution in [3.8, 4) is 0 Å². The van der Waals surface area contributed by atoms with E-state index in [0.29, 0.717) is 59.9 Å². The molecule has 5 N–H and O–H groups in total. The van der Waals surface area contributed by atoms with Gasteiger partial charge in [-0.1, -0.05) is 65.8 Å². The van der Waals surface area contributed by atoms with Crippen molar-refractivity contribution in [2.45, 2.75) is 85.6 Å². The van der Waals surface area contributed by atoms with Crippen LogP contribution in [-0.4, -0.2) is 127 Å². The van der Waals surface area contributed by atoms with E-state index in [1.165, 1.54) is 11.8 Å².